The normalized spacial score (nSPS) is 11.3. The fourth-order valence-corrected chi connectivity index (χ4v) is 4.88. The zero-order chi connectivity index (χ0) is 31.8. The van der Waals surface area contributed by atoms with E-state index in [0.717, 1.165) is 46.2 Å². The molecule has 2 rings (SSSR count). The van der Waals surface area contributed by atoms with E-state index < -0.39 is 0 Å². The molecule has 0 bridgehead atoms. The van der Waals surface area contributed by atoms with Crippen molar-refractivity contribution in [3.8, 4) is 11.5 Å². The number of carbonyl (C=O) groups excluding carboxylic acids is 2. The molecule has 0 fully saturated rings. The van der Waals surface area contributed by atoms with Crippen molar-refractivity contribution in [3.05, 3.63) is 57.6 Å². The minimum atomic E-state index is -0.272. The number of phenolic OH excluding ortho intramolecular Hbond substituents is 2. The predicted octanol–water partition coefficient (Wildman–Crippen LogP) is 6.19. The SMILES string of the molecule is Cc1cc(CCC(=O)OCCOCCCOCCOC(=O)CCc2cc(C)c(O)c(CC(C)C)c2)cc(CC(C)C)c1O. The van der Waals surface area contributed by atoms with E-state index in [-0.39, 0.29) is 38.0 Å². The Labute approximate surface area is 257 Å². The van der Waals surface area contributed by atoms with Crippen LogP contribution in [0.1, 0.15) is 80.3 Å². The molecule has 0 unspecified atom stereocenters. The summed E-state index contributed by atoms with van der Waals surface area (Å²) < 4.78 is 21.6. The van der Waals surface area contributed by atoms with Crippen LogP contribution in [0.3, 0.4) is 0 Å². The Morgan fingerprint density at radius 1 is 0.628 bits per heavy atom. The van der Waals surface area contributed by atoms with Gasteiger partial charge in [0, 0.05) is 26.1 Å². The summed E-state index contributed by atoms with van der Waals surface area (Å²) in [4.78, 5) is 24.2. The zero-order valence-electron chi connectivity index (χ0n) is 27.0. The molecular formula is C35H52O8. The molecule has 0 spiro atoms. The number of esters is 2. The molecule has 0 radical (unpaired) electrons. The van der Waals surface area contributed by atoms with Gasteiger partial charge in [-0.05, 0) is 91.2 Å². The number of benzene rings is 2. The van der Waals surface area contributed by atoms with Gasteiger partial charge in [-0.15, -0.1) is 0 Å². The number of ether oxygens (including phenoxy) is 4. The van der Waals surface area contributed by atoms with Crippen LogP contribution in [-0.4, -0.2) is 61.8 Å². The molecule has 0 heterocycles. The fourth-order valence-electron chi connectivity index (χ4n) is 4.88. The lowest BCUT2D eigenvalue weighted by molar-refractivity contribution is -0.145. The molecule has 0 atom stereocenters. The Morgan fingerprint density at radius 2 is 1.02 bits per heavy atom. The lowest BCUT2D eigenvalue weighted by Gasteiger charge is -2.13. The van der Waals surface area contributed by atoms with Crippen LogP contribution in [-0.2, 0) is 54.2 Å². The van der Waals surface area contributed by atoms with Crippen molar-refractivity contribution in [2.45, 2.75) is 86.5 Å². The van der Waals surface area contributed by atoms with E-state index in [9.17, 15) is 19.8 Å². The van der Waals surface area contributed by atoms with E-state index in [4.69, 9.17) is 18.9 Å². The average Bonchev–Trinajstić information content (AvgIpc) is 2.94. The molecule has 0 amide bonds. The second-order valence-corrected chi connectivity index (χ2v) is 12.1. The molecule has 0 aliphatic carbocycles. The third kappa shape index (κ3) is 14.3. The number of aryl methyl sites for hydroxylation is 4. The summed E-state index contributed by atoms with van der Waals surface area (Å²) in [5.41, 5.74) is 5.54. The van der Waals surface area contributed by atoms with Crippen molar-refractivity contribution in [3.63, 3.8) is 0 Å². The van der Waals surface area contributed by atoms with Crippen molar-refractivity contribution in [2.75, 3.05) is 39.6 Å². The maximum atomic E-state index is 12.1. The highest BCUT2D eigenvalue weighted by molar-refractivity contribution is 5.70. The van der Waals surface area contributed by atoms with Gasteiger partial charge < -0.3 is 29.2 Å². The third-order valence-corrected chi connectivity index (χ3v) is 6.93. The lowest BCUT2D eigenvalue weighted by Crippen LogP contribution is -2.13. The van der Waals surface area contributed by atoms with Crippen molar-refractivity contribution in [2.24, 2.45) is 11.8 Å². The minimum absolute atomic E-state index is 0.200. The second kappa shape index (κ2) is 19.2. The van der Waals surface area contributed by atoms with Crippen LogP contribution in [0.5, 0.6) is 11.5 Å². The Bertz CT molecular complexity index is 1070. The molecule has 240 valence electrons. The Hall–Kier alpha value is -3.10. The van der Waals surface area contributed by atoms with E-state index in [0.29, 0.717) is 69.0 Å². The van der Waals surface area contributed by atoms with Gasteiger partial charge in [-0.25, -0.2) is 0 Å². The first-order valence-corrected chi connectivity index (χ1v) is 15.6. The molecule has 8 nitrogen and oxygen atoms in total. The monoisotopic (exact) mass is 600 g/mol. The third-order valence-electron chi connectivity index (χ3n) is 6.93. The average molecular weight is 601 g/mol. The summed E-state index contributed by atoms with van der Waals surface area (Å²) in [5, 5.41) is 20.6. The molecule has 0 aromatic heterocycles. The first kappa shape index (κ1) is 36.1. The van der Waals surface area contributed by atoms with E-state index in [1.165, 1.54) is 0 Å². The Balaban J connectivity index is 1.48. The summed E-state index contributed by atoms with van der Waals surface area (Å²) in [6.45, 7) is 14.2. The van der Waals surface area contributed by atoms with Gasteiger partial charge in [0.15, 0.2) is 0 Å². The lowest BCUT2D eigenvalue weighted by atomic mass is 9.96. The highest BCUT2D eigenvalue weighted by Gasteiger charge is 2.12. The topological polar surface area (TPSA) is 112 Å². The fraction of sp³-hybridized carbons (Fsp3) is 0.600. The quantitative estimate of drug-likeness (QED) is 0.137. The first-order chi connectivity index (χ1) is 20.5. The van der Waals surface area contributed by atoms with Gasteiger partial charge in [0.25, 0.3) is 0 Å². The molecular weight excluding hydrogens is 548 g/mol. The zero-order valence-corrected chi connectivity index (χ0v) is 27.0. The van der Waals surface area contributed by atoms with Crippen molar-refractivity contribution >= 4 is 11.9 Å². The second-order valence-electron chi connectivity index (χ2n) is 12.1. The molecule has 2 aromatic rings. The first-order valence-electron chi connectivity index (χ1n) is 15.6. The summed E-state index contributed by atoms with van der Waals surface area (Å²) in [6.07, 6.45) is 3.95. The largest absolute Gasteiger partial charge is 0.507 e. The molecule has 0 aliphatic rings. The standard InChI is InChI=1S/C35H52O8/c1-24(2)18-30-22-28(20-26(5)34(30)38)8-10-32(36)42-16-14-40-12-7-13-41-15-17-43-33(37)11-9-29-21-27(6)35(39)31(23-29)19-25(3)4/h20-25,38-39H,7-19H2,1-6H3. The minimum Gasteiger partial charge on any atom is -0.507 e. The van der Waals surface area contributed by atoms with Crippen molar-refractivity contribution < 1.29 is 38.7 Å². The highest BCUT2D eigenvalue weighted by atomic mass is 16.6. The van der Waals surface area contributed by atoms with Crippen molar-refractivity contribution in [1.82, 2.24) is 0 Å². The van der Waals surface area contributed by atoms with E-state index in [1.807, 2.05) is 38.1 Å². The number of carbonyl (C=O) groups is 2. The molecule has 2 N–H and O–H groups in total. The molecule has 0 saturated carbocycles. The predicted molar refractivity (Wildman–Crippen MR) is 168 cm³/mol. The van der Waals surface area contributed by atoms with Gasteiger partial charge in [0.05, 0.1) is 13.2 Å². The molecule has 0 saturated heterocycles. The van der Waals surface area contributed by atoms with Crippen LogP contribution >= 0.6 is 0 Å². The summed E-state index contributed by atoms with van der Waals surface area (Å²) in [5.74, 6) is 1.01. The highest BCUT2D eigenvalue weighted by Crippen LogP contribution is 2.28. The van der Waals surface area contributed by atoms with Crippen LogP contribution in [0.2, 0.25) is 0 Å². The van der Waals surface area contributed by atoms with Gasteiger partial charge in [-0.1, -0.05) is 52.0 Å². The van der Waals surface area contributed by atoms with Crippen LogP contribution in [0.25, 0.3) is 0 Å². The number of rotatable bonds is 20. The Kier molecular flexibility index (Phi) is 16.1. The van der Waals surface area contributed by atoms with Gasteiger partial charge in [-0.2, -0.15) is 0 Å². The smallest absolute Gasteiger partial charge is 0.306 e. The molecule has 43 heavy (non-hydrogen) atoms. The van der Waals surface area contributed by atoms with Crippen LogP contribution in [0, 0.1) is 25.7 Å². The van der Waals surface area contributed by atoms with E-state index in [2.05, 4.69) is 27.7 Å². The number of aromatic hydroxyl groups is 2. The van der Waals surface area contributed by atoms with Gasteiger partial charge in [-0.3, -0.25) is 9.59 Å². The molecule has 2 aromatic carbocycles. The maximum absolute atomic E-state index is 12.1. The maximum Gasteiger partial charge on any atom is 0.306 e. The number of hydrogen-bond acceptors (Lipinski definition) is 8. The van der Waals surface area contributed by atoms with Crippen LogP contribution in [0.4, 0.5) is 0 Å². The number of phenols is 2. The van der Waals surface area contributed by atoms with Gasteiger partial charge in [0.1, 0.15) is 24.7 Å². The van der Waals surface area contributed by atoms with Crippen LogP contribution < -0.4 is 0 Å². The van der Waals surface area contributed by atoms with Crippen LogP contribution in [0.15, 0.2) is 24.3 Å². The molecule has 8 heteroatoms. The summed E-state index contributed by atoms with van der Waals surface area (Å²) in [7, 11) is 0. The summed E-state index contributed by atoms with van der Waals surface area (Å²) >= 11 is 0. The summed E-state index contributed by atoms with van der Waals surface area (Å²) in [6, 6.07) is 7.80. The van der Waals surface area contributed by atoms with Crippen molar-refractivity contribution in [1.29, 1.82) is 0 Å². The molecule has 0 aliphatic heterocycles. The number of hydrogen-bond donors (Lipinski definition) is 2. The van der Waals surface area contributed by atoms with Gasteiger partial charge >= 0.3 is 11.9 Å². The van der Waals surface area contributed by atoms with E-state index >= 15 is 0 Å². The van der Waals surface area contributed by atoms with Gasteiger partial charge in [0.2, 0.25) is 0 Å². The van der Waals surface area contributed by atoms with E-state index in [1.54, 1.807) is 0 Å². The Morgan fingerprint density at radius 3 is 1.40 bits per heavy atom.